The highest BCUT2D eigenvalue weighted by molar-refractivity contribution is 5.86. The van der Waals surface area contributed by atoms with Gasteiger partial charge in [0.05, 0.1) is 12.8 Å². The Hall–Kier alpha value is -3.08. The van der Waals surface area contributed by atoms with Gasteiger partial charge in [0.25, 0.3) is 0 Å². The largest absolute Gasteiger partial charge is 0.502 e. The maximum atomic E-state index is 11.7. The molecule has 0 saturated heterocycles. The predicted molar refractivity (Wildman–Crippen MR) is 116 cm³/mol. The minimum Gasteiger partial charge on any atom is -0.502 e. The first-order valence-electron chi connectivity index (χ1n) is 9.66. The van der Waals surface area contributed by atoms with Crippen molar-refractivity contribution in [1.29, 1.82) is 0 Å². The Morgan fingerprint density at radius 1 is 1.14 bits per heavy atom. The van der Waals surface area contributed by atoms with Crippen molar-refractivity contribution in [1.82, 2.24) is 0 Å². The van der Waals surface area contributed by atoms with Gasteiger partial charge in [-0.05, 0) is 93.6 Å². The molecule has 0 bridgehead atoms. The van der Waals surface area contributed by atoms with Crippen LogP contribution in [0.3, 0.4) is 0 Å². The molecule has 0 fully saturated rings. The van der Waals surface area contributed by atoms with E-state index in [0.29, 0.717) is 6.42 Å². The molecule has 2 aromatic rings. The number of ether oxygens (including phenoxy) is 2. The quantitative estimate of drug-likeness (QED) is 0.209. The lowest BCUT2D eigenvalue weighted by atomic mass is 10.1. The second-order valence-corrected chi connectivity index (χ2v) is 7.68. The van der Waals surface area contributed by atoms with E-state index in [1.54, 1.807) is 27.9 Å². The van der Waals surface area contributed by atoms with Crippen molar-refractivity contribution >= 4 is 17.9 Å². The molecule has 1 N–H and O–H groups in total. The van der Waals surface area contributed by atoms with Crippen molar-refractivity contribution in [2.75, 3.05) is 7.11 Å². The van der Waals surface area contributed by atoms with Crippen molar-refractivity contribution in [3.05, 3.63) is 71.5 Å². The predicted octanol–water partition coefficient (Wildman–Crippen LogP) is 5.55. The van der Waals surface area contributed by atoms with E-state index in [1.807, 2.05) is 54.7 Å². The smallest absolute Gasteiger partial charge is 0.373 e. The highest BCUT2D eigenvalue weighted by Gasteiger charge is 2.18. The number of carbonyl (C=O) groups is 1. The van der Waals surface area contributed by atoms with Gasteiger partial charge >= 0.3 is 5.97 Å². The number of aliphatic hydroxyl groups is 1. The van der Waals surface area contributed by atoms with E-state index in [2.05, 4.69) is 4.99 Å². The number of hydrogen-bond acceptors (Lipinski definition) is 5. The number of nitrogens with zero attached hydrogens (tertiary/aromatic N) is 1. The third-order valence-corrected chi connectivity index (χ3v) is 4.00. The highest BCUT2D eigenvalue weighted by Crippen LogP contribution is 2.17. The zero-order valence-electron chi connectivity index (χ0n) is 17.5. The van der Waals surface area contributed by atoms with Gasteiger partial charge in [-0.25, -0.2) is 4.79 Å². The topological polar surface area (TPSA) is 68.1 Å². The maximum absolute atomic E-state index is 11.7. The van der Waals surface area contributed by atoms with Crippen LogP contribution in [0.4, 0.5) is 5.69 Å². The molecule has 0 heterocycles. The zero-order chi connectivity index (χ0) is 21.3. The van der Waals surface area contributed by atoms with E-state index in [1.165, 1.54) is 6.08 Å². The van der Waals surface area contributed by atoms with Crippen LogP contribution < -0.4 is 4.74 Å². The molecule has 0 unspecified atom stereocenters. The first-order valence-corrected chi connectivity index (χ1v) is 9.66. The number of aliphatic imine (C=N–C) groups is 1. The average molecular weight is 395 g/mol. The second-order valence-electron chi connectivity index (χ2n) is 7.68. The molecule has 0 amide bonds. The second kappa shape index (κ2) is 10.5. The van der Waals surface area contributed by atoms with Crippen molar-refractivity contribution in [2.24, 2.45) is 4.99 Å². The van der Waals surface area contributed by atoms with E-state index in [-0.39, 0.29) is 5.76 Å². The van der Waals surface area contributed by atoms with Gasteiger partial charge in [-0.3, -0.25) is 4.99 Å². The minimum atomic E-state index is -0.688. The lowest BCUT2D eigenvalue weighted by Gasteiger charge is -2.18. The summed E-state index contributed by atoms with van der Waals surface area (Å²) in [5.41, 5.74) is 2.41. The number of aliphatic hydroxyl groups excluding tert-OH is 1. The summed E-state index contributed by atoms with van der Waals surface area (Å²) in [7, 11) is 1.64. The molecular formula is C24H29NO4. The van der Waals surface area contributed by atoms with E-state index in [0.717, 1.165) is 35.4 Å². The Morgan fingerprint density at radius 2 is 1.86 bits per heavy atom. The van der Waals surface area contributed by atoms with Crippen LogP contribution in [-0.4, -0.2) is 30.0 Å². The molecule has 29 heavy (non-hydrogen) atoms. The Bertz CT molecular complexity index is 861. The van der Waals surface area contributed by atoms with Gasteiger partial charge in [0.1, 0.15) is 11.4 Å². The molecule has 0 saturated carbocycles. The number of hydrogen-bond donors (Lipinski definition) is 1. The molecule has 5 nitrogen and oxygen atoms in total. The monoisotopic (exact) mass is 395 g/mol. The fourth-order valence-corrected chi connectivity index (χ4v) is 2.59. The van der Waals surface area contributed by atoms with Crippen LogP contribution >= 0.6 is 0 Å². The van der Waals surface area contributed by atoms with Crippen LogP contribution in [0.25, 0.3) is 0 Å². The molecule has 0 atom stereocenters. The van der Waals surface area contributed by atoms with Crippen LogP contribution in [0, 0.1) is 0 Å². The summed E-state index contributed by atoms with van der Waals surface area (Å²) < 4.78 is 10.3. The molecule has 0 aromatic heterocycles. The van der Waals surface area contributed by atoms with E-state index < -0.39 is 11.6 Å². The highest BCUT2D eigenvalue weighted by atomic mass is 16.6. The third kappa shape index (κ3) is 8.21. The first kappa shape index (κ1) is 22.2. The standard InChI is InChI=1S/C24H29NO4/c1-24(2,3)29-23(27)22(26)11-6-5-8-18-9-7-10-20(16-18)25-17-19-12-14-21(28-4)15-13-19/h7,9-17,26H,5-6,8H2,1-4H3. The molecule has 2 aromatic carbocycles. The number of allylic oxidation sites excluding steroid dienone is 1. The van der Waals surface area contributed by atoms with Gasteiger partial charge < -0.3 is 14.6 Å². The third-order valence-electron chi connectivity index (χ3n) is 4.00. The zero-order valence-corrected chi connectivity index (χ0v) is 17.5. The fourth-order valence-electron chi connectivity index (χ4n) is 2.59. The van der Waals surface area contributed by atoms with Crippen LogP contribution in [-0.2, 0) is 16.0 Å². The Labute approximate surface area is 172 Å². The number of rotatable bonds is 8. The summed E-state index contributed by atoms with van der Waals surface area (Å²) in [4.78, 5) is 16.3. The number of esters is 1. The minimum absolute atomic E-state index is 0.335. The number of unbranched alkanes of at least 4 members (excludes halogenated alkanes) is 1. The van der Waals surface area contributed by atoms with Crippen LogP contribution in [0.15, 0.2) is 65.4 Å². The number of benzene rings is 2. The lowest BCUT2D eigenvalue weighted by molar-refractivity contribution is -0.153. The summed E-state index contributed by atoms with van der Waals surface area (Å²) in [6.45, 7) is 5.30. The van der Waals surface area contributed by atoms with Crippen molar-refractivity contribution < 1.29 is 19.4 Å². The van der Waals surface area contributed by atoms with Crippen molar-refractivity contribution in [3.8, 4) is 5.75 Å². The normalized spacial score (nSPS) is 12.2. The van der Waals surface area contributed by atoms with Gasteiger partial charge in [0, 0.05) is 6.21 Å². The Balaban J connectivity index is 1.87. The van der Waals surface area contributed by atoms with Crippen LogP contribution in [0.5, 0.6) is 5.75 Å². The van der Waals surface area contributed by atoms with E-state index in [4.69, 9.17) is 9.47 Å². The molecule has 0 aliphatic carbocycles. The summed E-state index contributed by atoms with van der Waals surface area (Å²) in [6.07, 6.45) is 5.55. The molecule has 0 radical (unpaired) electrons. The SMILES string of the molecule is COc1ccc(C=Nc2cccc(CCCC=C(O)C(=O)OC(C)(C)C)c2)cc1. The van der Waals surface area contributed by atoms with Gasteiger partial charge in [-0.2, -0.15) is 0 Å². The van der Waals surface area contributed by atoms with Crippen molar-refractivity contribution in [3.63, 3.8) is 0 Å². The van der Waals surface area contributed by atoms with Gasteiger partial charge in [0.2, 0.25) is 0 Å². The molecule has 154 valence electrons. The summed E-state index contributed by atoms with van der Waals surface area (Å²) >= 11 is 0. The van der Waals surface area contributed by atoms with Crippen molar-refractivity contribution in [2.45, 2.75) is 45.6 Å². The summed E-state index contributed by atoms with van der Waals surface area (Å²) in [6, 6.07) is 15.7. The Morgan fingerprint density at radius 3 is 2.52 bits per heavy atom. The summed E-state index contributed by atoms with van der Waals surface area (Å²) in [5, 5.41) is 9.79. The molecule has 2 rings (SSSR count). The lowest BCUT2D eigenvalue weighted by Crippen LogP contribution is -2.24. The molecule has 0 aliphatic rings. The Kier molecular flexibility index (Phi) is 8.01. The van der Waals surface area contributed by atoms with Gasteiger partial charge in [0.15, 0.2) is 5.76 Å². The number of methoxy groups -OCH3 is 1. The van der Waals surface area contributed by atoms with Crippen LogP contribution in [0.2, 0.25) is 0 Å². The first-order chi connectivity index (χ1) is 13.8. The molecule has 5 heteroatoms. The van der Waals surface area contributed by atoms with E-state index >= 15 is 0 Å². The van der Waals surface area contributed by atoms with Gasteiger partial charge in [-0.1, -0.05) is 12.1 Å². The number of aryl methyl sites for hydroxylation is 1. The maximum Gasteiger partial charge on any atom is 0.373 e. The molecule has 0 aliphatic heterocycles. The van der Waals surface area contributed by atoms with Gasteiger partial charge in [-0.15, -0.1) is 0 Å². The van der Waals surface area contributed by atoms with Crippen LogP contribution in [0.1, 0.15) is 44.7 Å². The average Bonchev–Trinajstić information content (AvgIpc) is 2.69. The number of carbonyl (C=O) groups excluding carboxylic acids is 1. The molecular weight excluding hydrogens is 366 g/mol. The molecule has 0 spiro atoms. The summed E-state index contributed by atoms with van der Waals surface area (Å²) in [5.74, 6) is -0.207. The van der Waals surface area contributed by atoms with E-state index in [9.17, 15) is 9.90 Å². The fraction of sp³-hybridized carbons (Fsp3) is 0.333.